The van der Waals surface area contributed by atoms with Crippen molar-refractivity contribution in [3.8, 4) is 0 Å². The molecular formula is C11H25NO3P+. The minimum absolute atomic E-state index is 0.347. The van der Waals surface area contributed by atoms with Crippen LogP contribution in [0.25, 0.3) is 0 Å². The van der Waals surface area contributed by atoms with Gasteiger partial charge in [0.2, 0.25) is 5.85 Å². The van der Waals surface area contributed by atoms with Crippen LogP contribution in [0.4, 0.5) is 0 Å². The van der Waals surface area contributed by atoms with E-state index in [1.807, 2.05) is 35.0 Å². The van der Waals surface area contributed by atoms with Crippen molar-refractivity contribution in [2.24, 2.45) is 0 Å². The van der Waals surface area contributed by atoms with E-state index in [4.69, 9.17) is 4.74 Å². The number of rotatable bonds is 6. The van der Waals surface area contributed by atoms with E-state index in [2.05, 4.69) is 0 Å². The molecule has 0 aromatic rings. The molecule has 96 valence electrons. The molecular weight excluding hydrogens is 225 g/mol. The van der Waals surface area contributed by atoms with Crippen molar-refractivity contribution < 1.29 is 18.6 Å². The van der Waals surface area contributed by atoms with Gasteiger partial charge in [0.05, 0.1) is 21.1 Å². The quantitative estimate of drug-likeness (QED) is 0.411. The van der Waals surface area contributed by atoms with E-state index in [1.54, 1.807) is 0 Å². The molecule has 0 saturated carbocycles. The Hall–Kier alpha value is -0.340. The molecule has 0 aromatic carbocycles. The predicted octanol–water partition coefficient (Wildman–Crippen LogP) is 1.98. The van der Waals surface area contributed by atoms with E-state index in [9.17, 15) is 9.36 Å². The van der Waals surface area contributed by atoms with Crippen molar-refractivity contribution >= 4 is 13.1 Å². The first-order chi connectivity index (χ1) is 7.14. The number of likely N-dealkylation sites (N-methyl/N-ethyl adjacent to an activating group) is 1. The summed E-state index contributed by atoms with van der Waals surface area (Å²) in [7, 11) is 3.62. The summed E-state index contributed by atoms with van der Waals surface area (Å²) in [5.74, 6) is -0.791. The van der Waals surface area contributed by atoms with Gasteiger partial charge in [-0.25, -0.2) is 0 Å². The molecule has 0 fully saturated rings. The van der Waals surface area contributed by atoms with Crippen molar-refractivity contribution in [2.75, 3.05) is 40.0 Å². The molecule has 16 heavy (non-hydrogen) atoms. The van der Waals surface area contributed by atoms with Crippen molar-refractivity contribution in [1.29, 1.82) is 0 Å². The van der Waals surface area contributed by atoms with Crippen LogP contribution in [0.5, 0.6) is 0 Å². The van der Waals surface area contributed by atoms with Crippen molar-refractivity contribution in [2.45, 2.75) is 26.6 Å². The summed E-state index contributed by atoms with van der Waals surface area (Å²) >= 11 is 0. The van der Waals surface area contributed by atoms with Crippen molar-refractivity contribution in [3.05, 3.63) is 0 Å². The average Bonchev–Trinajstić information content (AvgIpc) is 2.12. The van der Waals surface area contributed by atoms with Gasteiger partial charge in [0.15, 0.2) is 0 Å². The molecule has 0 aliphatic rings. The summed E-state index contributed by atoms with van der Waals surface area (Å²) in [6, 6.07) is 0. The minimum atomic E-state index is -2.40. The molecule has 5 heteroatoms. The van der Waals surface area contributed by atoms with Crippen LogP contribution >= 0.6 is 7.14 Å². The van der Waals surface area contributed by atoms with Gasteiger partial charge in [-0.3, -0.25) is 4.79 Å². The maximum atomic E-state index is 12.6. The van der Waals surface area contributed by atoms with E-state index in [0.717, 1.165) is 0 Å². The fourth-order valence-electron chi connectivity index (χ4n) is 1.57. The predicted molar refractivity (Wildman–Crippen MR) is 67.1 cm³/mol. The zero-order chi connectivity index (χ0) is 13.0. The molecule has 0 bridgehead atoms. The molecule has 0 rings (SSSR count). The van der Waals surface area contributed by atoms with Gasteiger partial charge in [-0.1, -0.05) is 13.8 Å². The molecule has 0 aromatic heterocycles. The Morgan fingerprint density at radius 3 is 1.94 bits per heavy atom. The number of esters is 1. The summed E-state index contributed by atoms with van der Waals surface area (Å²) in [6.07, 6.45) is 1.17. The third kappa shape index (κ3) is 5.13. The molecule has 0 spiro atoms. The van der Waals surface area contributed by atoms with Gasteiger partial charge in [0, 0.05) is 19.2 Å². The zero-order valence-electron chi connectivity index (χ0n) is 11.3. The summed E-state index contributed by atoms with van der Waals surface area (Å²) < 4.78 is 18.5. The first-order valence-corrected chi connectivity index (χ1v) is 7.84. The topological polar surface area (TPSA) is 43.4 Å². The van der Waals surface area contributed by atoms with Crippen LogP contribution in [-0.4, -0.2) is 56.3 Å². The van der Waals surface area contributed by atoms with Crippen LogP contribution in [0.1, 0.15) is 20.8 Å². The highest BCUT2D eigenvalue weighted by molar-refractivity contribution is 7.64. The number of hydrogen-bond acceptors (Lipinski definition) is 3. The molecule has 1 unspecified atom stereocenters. The van der Waals surface area contributed by atoms with Crippen molar-refractivity contribution in [1.82, 2.24) is 0 Å². The Balaban J connectivity index is 4.93. The monoisotopic (exact) mass is 250 g/mol. The Labute approximate surface area is 98.9 Å². The molecule has 0 aliphatic heterocycles. The van der Waals surface area contributed by atoms with E-state index >= 15 is 0 Å². The number of nitrogens with zero attached hydrogens (tertiary/aromatic N) is 1. The lowest BCUT2D eigenvalue weighted by Crippen LogP contribution is -2.43. The Morgan fingerprint density at radius 1 is 1.25 bits per heavy atom. The van der Waals surface area contributed by atoms with Gasteiger partial charge in [-0.05, 0) is 0 Å². The van der Waals surface area contributed by atoms with Crippen LogP contribution in [0.2, 0.25) is 0 Å². The normalized spacial score (nSPS) is 14.6. The van der Waals surface area contributed by atoms with Crippen LogP contribution in [0, 0.1) is 0 Å². The highest BCUT2D eigenvalue weighted by atomic mass is 31.2. The Morgan fingerprint density at radius 2 is 1.69 bits per heavy atom. The standard InChI is InChI=1S/C11H25NO3P/c1-7-16(14,8-2)11(15-10(3)13)9-12(4,5)6/h11H,7-9H2,1-6H3/q+1. The van der Waals surface area contributed by atoms with E-state index in [-0.39, 0.29) is 5.97 Å². The van der Waals surface area contributed by atoms with Gasteiger partial charge in [-0.2, -0.15) is 0 Å². The number of hydrogen-bond donors (Lipinski definition) is 0. The van der Waals surface area contributed by atoms with Gasteiger partial charge in [0.25, 0.3) is 0 Å². The summed E-state index contributed by atoms with van der Waals surface area (Å²) in [5.41, 5.74) is 0. The van der Waals surface area contributed by atoms with Crippen LogP contribution < -0.4 is 0 Å². The van der Waals surface area contributed by atoms with E-state index in [0.29, 0.717) is 23.4 Å². The lowest BCUT2D eigenvalue weighted by atomic mass is 10.5. The Kier molecular flexibility index (Phi) is 5.71. The first-order valence-electron chi connectivity index (χ1n) is 5.70. The lowest BCUT2D eigenvalue weighted by Gasteiger charge is -2.32. The molecule has 0 heterocycles. The molecule has 0 radical (unpaired) electrons. The first kappa shape index (κ1) is 15.7. The second kappa shape index (κ2) is 5.83. The van der Waals surface area contributed by atoms with Crippen LogP contribution in [0.15, 0.2) is 0 Å². The highest BCUT2D eigenvalue weighted by Gasteiger charge is 2.36. The van der Waals surface area contributed by atoms with Crippen LogP contribution in [0.3, 0.4) is 0 Å². The van der Waals surface area contributed by atoms with Gasteiger partial charge >= 0.3 is 5.97 Å². The van der Waals surface area contributed by atoms with Crippen molar-refractivity contribution in [3.63, 3.8) is 0 Å². The van der Waals surface area contributed by atoms with Gasteiger partial charge in [0.1, 0.15) is 13.7 Å². The SMILES string of the molecule is CCP(=O)(CC)C(C[N+](C)(C)C)OC(C)=O. The third-order valence-electron chi connectivity index (χ3n) is 2.60. The lowest BCUT2D eigenvalue weighted by molar-refractivity contribution is -0.871. The number of carbonyl (C=O) groups excluding carboxylic acids is 1. The zero-order valence-corrected chi connectivity index (χ0v) is 12.2. The molecule has 4 nitrogen and oxygen atoms in total. The van der Waals surface area contributed by atoms with Crippen LogP contribution in [-0.2, 0) is 14.1 Å². The smallest absolute Gasteiger partial charge is 0.303 e. The van der Waals surface area contributed by atoms with Gasteiger partial charge in [-0.15, -0.1) is 0 Å². The third-order valence-corrected chi connectivity index (χ3v) is 6.06. The maximum Gasteiger partial charge on any atom is 0.303 e. The summed E-state index contributed by atoms with van der Waals surface area (Å²) in [6.45, 7) is 5.77. The molecule has 0 aliphatic carbocycles. The maximum absolute atomic E-state index is 12.6. The average molecular weight is 250 g/mol. The number of ether oxygens (including phenoxy) is 1. The van der Waals surface area contributed by atoms with E-state index in [1.165, 1.54) is 6.92 Å². The largest absolute Gasteiger partial charge is 0.449 e. The molecule has 0 amide bonds. The summed E-state index contributed by atoms with van der Waals surface area (Å²) in [5, 5.41) is 0. The minimum Gasteiger partial charge on any atom is -0.449 e. The Bertz CT molecular complexity index is 275. The second-order valence-electron chi connectivity index (χ2n) is 5.12. The fraction of sp³-hybridized carbons (Fsp3) is 0.909. The second-order valence-corrected chi connectivity index (χ2v) is 8.87. The molecule has 1 atom stereocenters. The molecule has 0 N–H and O–H groups in total. The highest BCUT2D eigenvalue weighted by Crippen LogP contribution is 2.50. The molecule has 0 saturated heterocycles. The number of carbonyl (C=O) groups is 1. The summed E-state index contributed by atoms with van der Waals surface area (Å²) in [4.78, 5) is 11.1. The van der Waals surface area contributed by atoms with Gasteiger partial charge < -0.3 is 13.8 Å². The fourth-order valence-corrected chi connectivity index (χ4v) is 3.96. The number of quaternary nitrogens is 1. The van der Waals surface area contributed by atoms with E-state index < -0.39 is 13.0 Å².